The second-order valence-corrected chi connectivity index (χ2v) is 12.3. The highest BCUT2D eigenvalue weighted by Crippen LogP contribution is 2.57. The number of nitrogens with zero attached hydrogens (tertiary/aromatic N) is 2. The van der Waals surface area contributed by atoms with E-state index in [0.717, 1.165) is 12.1 Å². The topological polar surface area (TPSA) is 64.7 Å². The average molecular weight is 669 g/mol. The number of hydrogen-bond acceptors (Lipinski definition) is 4. The van der Waals surface area contributed by atoms with Crippen molar-refractivity contribution in [2.75, 3.05) is 36.4 Å². The molecule has 0 spiro atoms. The van der Waals surface area contributed by atoms with Crippen LogP contribution >= 0.6 is 11.6 Å². The van der Waals surface area contributed by atoms with Gasteiger partial charge in [0.25, 0.3) is 5.91 Å². The van der Waals surface area contributed by atoms with Gasteiger partial charge in [-0.3, -0.25) is 14.5 Å². The number of carbonyl (C=O) groups is 2. The zero-order valence-electron chi connectivity index (χ0n) is 24.5. The lowest BCUT2D eigenvalue weighted by Gasteiger charge is -2.43. The van der Waals surface area contributed by atoms with E-state index < -0.39 is 78.2 Å². The third-order valence-electron chi connectivity index (χ3n) is 8.15. The van der Waals surface area contributed by atoms with Crippen LogP contribution < -0.4 is 15.5 Å². The van der Waals surface area contributed by atoms with Gasteiger partial charge in [0.2, 0.25) is 5.91 Å². The lowest BCUT2D eigenvalue weighted by Crippen LogP contribution is -2.54. The van der Waals surface area contributed by atoms with Crippen LogP contribution in [0.4, 0.5) is 46.5 Å². The van der Waals surface area contributed by atoms with Gasteiger partial charge in [0.15, 0.2) is 11.6 Å². The Balaban J connectivity index is 1.48. The third-order valence-corrected chi connectivity index (χ3v) is 8.39. The summed E-state index contributed by atoms with van der Waals surface area (Å²) in [5, 5.41) is 4.86. The molecule has 1 heterocycles. The van der Waals surface area contributed by atoms with Crippen molar-refractivity contribution in [3.63, 3.8) is 0 Å². The SMILES string of the molecule is CC(C)C[C@H]1CN(c2cc(Cl)ccc2NC(=O)c2ccc(CNC(=O)C3(C(F)(F)F)CC3)c(F)c2F)CCN1CCC(F)(F)F. The van der Waals surface area contributed by atoms with E-state index in [1.54, 1.807) is 11.0 Å². The van der Waals surface area contributed by atoms with E-state index in [1.807, 2.05) is 24.1 Å². The number of piperazine rings is 1. The number of rotatable bonds is 10. The molecule has 1 saturated carbocycles. The summed E-state index contributed by atoms with van der Waals surface area (Å²) in [5.74, 6) is -5.22. The molecule has 2 aromatic rings. The molecule has 1 aliphatic heterocycles. The second kappa shape index (κ2) is 13.3. The van der Waals surface area contributed by atoms with Crippen LogP contribution in [0, 0.1) is 23.0 Å². The fourth-order valence-electron chi connectivity index (χ4n) is 5.52. The van der Waals surface area contributed by atoms with Crippen molar-refractivity contribution in [2.45, 2.75) is 64.5 Å². The van der Waals surface area contributed by atoms with Crippen molar-refractivity contribution in [1.82, 2.24) is 10.2 Å². The van der Waals surface area contributed by atoms with Crippen molar-refractivity contribution in [3.05, 3.63) is 58.1 Å². The Morgan fingerprint density at radius 3 is 2.31 bits per heavy atom. The average Bonchev–Trinajstić information content (AvgIpc) is 3.76. The maximum absolute atomic E-state index is 15.0. The minimum atomic E-state index is -4.76. The summed E-state index contributed by atoms with van der Waals surface area (Å²) >= 11 is 6.23. The minimum absolute atomic E-state index is 0.151. The molecule has 248 valence electrons. The number of hydrogen-bond donors (Lipinski definition) is 2. The first kappa shape index (κ1) is 34.7. The van der Waals surface area contributed by atoms with Gasteiger partial charge in [0.1, 0.15) is 5.41 Å². The van der Waals surface area contributed by atoms with E-state index in [0.29, 0.717) is 36.8 Å². The van der Waals surface area contributed by atoms with E-state index in [1.165, 1.54) is 12.1 Å². The van der Waals surface area contributed by atoms with Gasteiger partial charge < -0.3 is 15.5 Å². The normalized spacial score (nSPS) is 18.7. The number of carbonyl (C=O) groups excluding carboxylic acids is 2. The highest BCUT2D eigenvalue weighted by Gasteiger charge is 2.68. The number of amides is 2. The van der Waals surface area contributed by atoms with Crippen molar-refractivity contribution < 1.29 is 44.7 Å². The Morgan fingerprint density at radius 1 is 1.02 bits per heavy atom. The van der Waals surface area contributed by atoms with Gasteiger partial charge in [-0.25, -0.2) is 8.78 Å². The summed E-state index contributed by atoms with van der Waals surface area (Å²) in [7, 11) is 0. The van der Waals surface area contributed by atoms with Gasteiger partial charge >= 0.3 is 12.4 Å². The Kier molecular flexibility index (Phi) is 10.3. The molecule has 0 aromatic heterocycles. The third kappa shape index (κ3) is 8.18. The van der Waals surface area contributed by atoms with Gasteiger partial charge in [-0.05, 0) is 49.4 Å². The quantitative estimate of drug-likeness (QED) is 0.261. The van der Waals surface area contributed by atoms with Crippen LogP contribution in [0.2, 0.25) is 5.02 Å². The number of nitrogens with one attached hydrogen (secondary N) is 2. The Hall–Kier alpha value is -3.13. The maximum Gasteiger partial charge on any atom is 0.403 e. The summed E-state index contributed by atoms with van der Waals surface area (Å²) in [6.45, 7) is 4.02. The van der Waals surface area contributed by atoms with E-state index >= 15 is 4.39 Å². The molecule has 45 heavy (non-hydrogen) atoms. The van der Waals surface area contributed by atoms with E-state index in [4.69, 9.17) is 11.6 Å². The first-order chi connectivity index (χ1) is 20.9. The van der Waals surface area contributed by atoms with Crippen molar-refractivity contribution in [2.24, 2.45) is 11.3 Å². The number of halogens is 9. The van der Waals surface area contributed by atoms with Gasteiger partial charge in [0.05, 0.1) is 23.4 Å². The van der Waals surface area contributed by atoms with Gasteiger partial charge in [-0.2, -0.15) is 26.3 Å². The van der Waals surface area contributed by atoms with Crippen LogP contribution in [-0.2, 0) is 11.3 Å². The zero-order chi connectivity index (χ0) is 33.3. The lowest BCUT2D eigenvalue weighted by atomic mass is 9.99. The summed E-state index contributed by atoms with van der Waals surface area (Å²) in [5.41, 5.74) is -3.01. The lowest BCUT2D eigenvalue weighted by molar-refractivity contribution is -0.192. The highest BCUT2D eigenvalue weighted by atomic mass is 35.5. The van der Waals surface area contributed by atoms with Crippen LogP contribution in [0.25, 0.3) is 0 Å². The van der Waals surface area contributed by atoms with E-state index in [-0.39, 0.29) is 24.2 Å². The second-order valence-electron chi connectivity index (χ2n) is 11.9. The van der Waals surface area contributed by atoms with Crippen LogP contribution in [0.5, 0.6) is 0 Å². The van der Waals surface area contributed by atoms with E-state index in [9.17, 15) is 40.3 Å². The molecule has 2 aromatic carbocycles. The molecule has 1 aliphatic carbocycles. The largest absolute Gasteiger partial charge is 0.403 e. The highest BCUT2D eigenvalue weighted by molar-refractivity contribution is 6.31. The molecular weight excluding hydrogens is 636 g/mol. The number of benzene rings is 2. The predicted octanol–water partition coefficient (Wildman–Crippen LogP) is 7.32. The van der Waals surface area contributed by atoms with Crippen molar-refractivity contribution >= 4 is 34.8 Å². The first-order valence-corrected chi connectivity index (χ1v) is 14.8. The van der Waals surface area contributed by atoms with Crippen LogP contribution in [0.1, 0.15) is 55.5 Å². The maximum atomic E-state index is 15.0. The zero-order valence-corrected chi connectivity index (χ0v) is 25.3. The molecular formula is C30H33ClF8N4O2. The number of alkyl halides is 6. The molecule has 0 unspecified atom stereocenters. The molecule has 4 rings (SSSR count). The summed E-state index contributed by atoms with van der Waals surface area (Å²) in [6.07, 6.45) is -10.2. The first-order valence-electron chi connectivity index (χ1n) is 14.4. The fraction of sp³-hybridized carbons (Fsp3) is 0.533. The molecule has 2 aliphatic rings. The Labute approximate surface area is 260 Å². The van der Waals surface area contributed by atoms with E-state index in [2.05, 4.69) is 5.32 Å². The van der Waals surface area contributed by atoms with Gasteiger partial charge in [0, 0.05) is 49.4 Å². The molecule has 1 atom stereocenters. The monoisotopic (exact) mass is 668 g/mol. The van der Waals surface area contributed by atoms with Crippen molar-refractivity contribution in [3.8, 4) is 0 Å². The minimum Gasteiger partial charge on any atom is -0.367 e. The fourth-order valence-corrected chi connectivity index (χ4v) is 5.68. The summed E-state index contributed by atoms with van der Waals surface area (Å²) in [6, 6.07) is 6.23. The van der Waals surface area contributed by atoms with Crippen LogP contribution in [-0.4, -0.2) is 61.3 Å². The molecule has 2 amide bonds. The van der Waals surface area contributed by atoms with Crippen LogP contribution in [0.3, 0.4) is 0 Å². The molecule has 0 radical (unpaired) electrons. The predicted molar refractivity (Wildman–Crippen MR) is 153 cm³/mol. The molecule has 15 heteroatoms. The molecule has 2 fully saturated rings. The molecule has 1 saturated heterocycles. The molecule has 2 N–H and O–H groups in total. The van der Waals surface area contributed by atoms with Crippen molar-refractivity contribution in [1.29, 1.82) is 0 Å². The molecule has 6 nitrogen and oxygen atoms in total. The van der Waals surface area contributed by atoms with Gasteiger partial charge in [-0.1, -0.05) is 31.5 Å². The van der Waals surface area contributed by atoms with Crippen LogP contribution in [0.15, 0.2) is 30.3 Å². The molecule has 0 bridgehead atoms. The Morgan fingerprint density at radius 2 is 1.71 bits per heavy atom. The smallest absolute Gasteiger partial charge is 0.367 e. The summed E-state index contributed by atoms with van der Waals surface area (Å²) < 4.78 is 108. The standard InChI is InChI=1S/C30H33ClF8N4O2/c1-17(2)13-20-16-43(12-11-42(20)10-9-29(34,35)36)23-14-19(31)4-6-22(23)41-26(44)21-5-3-18(24(32)25(21)33)15-40-27(45)28(7-8-28)30(37,38)39/h3-6,14,17,20H,7-13,15-16H2,1-2H3,(H,40,45)(H,41,44)/t20-/m0/s1. The van der Waals surface area contributed by atoms with Gasteiger partial charge in [-0.15, -0.1) is 0 Å². The Bertz CT molecular complexity index is 1410. The summed E-state index contributed by atoms with van der Waals surface area (Å²) in [4.78, 5) is 28.9. The number of anilines is 2.